The van der Waals surface area contributed by atoms with Gasteiger partial charge in [-0.3, -0.25) is 0 Å². The Morgan fingerprint density at radius 2 is 2.27 bits per heavy atom. The third kappa shape index (κ3) is 3.17. The third-order valence-electron chi connectivity index (χ3n) is 2.22. The molecule has 84 valence electrons. The monoisotopic (exact) mass is 229 g/mol. The van der Waals surface area contributed by atoms with Crippen molar-refractivity contribution in [1.82, 2.24) is 14.3 Å². The van der Waals surface area contributed by atoms with Crippen LogP contribution < -0.4 is 4.72 Å². The quantitative estimate of drug-likeness (QED) is 0.802. The number of imidazole rings is 1. The molecule has 6 heteroatoms. The molecule has 0 amide bonds. The van der Waals surface area contributed by atoms with Gasteiger partial charge in [0.2, 0.25) is 10.0 Å². The molecule has 1 aromatic rings. The van der Waals surface area contributed by atoms with Crippen molar-refractivity contribution in [2.75, 3.05) is 6.54 Å². The Balaban J connectivity index is 2.52. The number of hydrogen-bond donors (Lipinski definition) is 1. The second-order valence-corrected chi connectivity index (χ2v) is 4.93. The van der Waals surface area contributed by atoms with E-state index in [4.69, 9.17) is 0 Å². The van der Waals surface area contributed by atoms with E-state index >= 15 is 0 Å². The first kappa shape index (κ1) is 11.9. The first-order valence-electron chi connectivity index (χ1n) is 4.56. The van der Waals surface area contributed by atoms with Crippen LogP contribution in [0.3, 0.4) is 0 Å². The molecule has 0 aliphatic heterocycles. The molecule has 0 saturated heterocycles. The lowest BCUT2D eigenvalue weighted by atomic mass is 10.4. The van der Waals surface area contributed by atoms with E-state index in [9.17, 15) is 8.42 Å². The molecule has 0 unspecified atom stereocenters. The highest BCUT2D eigenvalue weighted by Crippen LogP contribution is 2.03. The van der Waals surface area contributed by atoms with Gasteiger partial charge in [-0.25, -0.2) is 18.1 Å². The summed E-state index contributed by atoms with van der Waals surface area (Å²) in [6.07, 6.45) is 1.70. The van der Waals surface area contributed by atoms with Crippen LogP contribution in [0.4, 0.5) is 0 Å². The van der Waals surface area contributed by atoms with Gasteiger partial charge in [0.15, 0.2) is 0 Å². The first-order chi connectivity index (χ1) is 6.96. The molecule has 0 spiro atoms. The molecule has 0 fully saturated rings. The molecular formula is C9H15N3O2S. The Kier molecular flexibility index (Phi) is 3.65. The van der Waals surface area contributed by atoms with E-state index < -0.39 is 10.0 Å². The Hall–Kier alpha value is -1.14. The SMILES string of the molecule is C=CS(=O)(=O)NCCn1cnc(C)c1C. The topological polar surface area (TPSA) is 64.0 Å². The summed E-state index contributed by atoms with van der Waals surface area (Å²) in [5.41, 5.74) is 2.01. The molecule has 1 rings (SSSR count). The van der Waals surface area contributed by atoms with Gasteiger partial charge in [0, 0.05) is 24.2 Å². The van der Waals surface area contributed by atoms with Crippen LogP contribution in [0.15, 0.2) is 18.3 Å². The second-order valence-electron chi connectivity index (χ2n) is 3.21. The Labute approximate surface area is 89.9 Å². The molecule has 0 saturated carbocycles. The molecule has 15 heavy (non-hydrogen) atoms. The Morgan fingerprint density at radius 3 is 2.73 bits per heavy atom. The summed E-state index contributed by atoms with van der Waals surface area (Å²) in [6.45, 7) is 7.98. The van der Waals surface area contributed by atoms with Gasteiger partial charge in [-0.05, 0) is 13.8 Å². The first-order valence-corrected chi connectivity index (χ1v) is 6.11. The standard InChI is InChI=1S/C9H15N3O2S/c1-4-15(13,14)11-5-6-12-7-10-8(2)9(12)3/h4,7,11H,1,5-6H2,2-3H3. The average molecular weight is 229 g/mol. The normalized spacial score (nSPS) is 11.6. The van der Waals surface area contributed by atoms with Crippen molar-refractivity contribution >= 4 is 10.0 Å². The van der Waals surface area contributed by atoms with Gasteiger partial charge >= 0.3 is 0 Å². The summed E-state index contributed by atoms with van der Waals surface area (Å²) in [7, 11) is -3.32. The van der Waals surface area contributed by atoms with Gasteiger partial charge in [0.1, 0.15) is 0 Å². The zero-order valence-corrected chi connectivity index (χ0v) is 9.71. The molecule has 1 aromatic heterocycles. The number of aromatic nitrogens is 2. The lowest BCUT2D eigenvalue weighted by molar-refractivity contribution is 0.580. The number of hydrogen-bond acceptors (Lipinski definition) is 3. The summed E-state index contributed by atoms with van der Waals surface area (Å²) in [5.74, 6) is 0. The maximum Gasteiger partial charge on any atom is 0.233 e. The number of nitrogens with zero attached hydrogens (tertiary/aromatic N) is 2. The van der Waals surface area contributed by atoms with E-state index in [1.54, 1.807) is 6.33 Å². The molecular weight excluding hydrogens is 214 g/mol. The smallest absolute Gasteiger partial charge is 0.233 e. The lowest BCUT2D eigenvalue weighted by Gasteiger charge is -2.05. The molecule has 1 N–H and O–H groups in total. The fourth-order valence-electron chi connectivity index (χ4n) is 1.14. The fraction of sp³-hybridized carbons (Fsp3) is 0.444. The predicted octanol–water partition coefficient (Wildman–Crippen LogP) is 0.563. The van der Waals surface area contributed by atoms with Gasteiger partial charge in [-0.15, -0.1) is 0 Å². The largest absolute Gasteiger partial charge is 0.333 e. The molecule has 0 aliphatic rings. The van der Waals surface area contributed by atoms with Gasteiger partial charge in [0.05, 0.1) is 12.0 Å². The molecule has 0 aromatic carbocycles. The fourth-order valence-corrected chi connectivity index (χ4v) is 1.63. The average Bonchev–Trinajstić information content (AvgIpc) is 2.49. The van der Waals surface area contributed by atoms with Crippen molar-refractivity contribution in [2.24, 2.45) is 0 Å². The van der Waals surface area contributed by atoms with Crippen LogP contribution in [-0.2, 0) is 16.6 Å². The maximum atomic E-state index is 11.0. The predicted molar refractivity (Wildman–Crippen MR) is 58.8 cm³/mol. The number of sulfonamides is 1. The minimum atomic E-state index is -3.32. The second kappa shape index (κ2) is 4.59. The number of rotatable bonds is 5. The van der Waals surface area contributed by atoms with Gasteiger partial charge in [-0.1, -0.05) is 6.58 Å². The van der Waals surface area contributed by atoms with Crippen molar-refractivity contribution in [2.45, 2.75) is 20.4 Å². The van der Waals surface area contributed by atoms with E-state index in [1.165, 1.54) is 0 Å². The molecule has 0 radical (unpaired) electrons. The molecule has 0 aliphatic carbocycles. The van der Waals surface area contributed by atoms with Crippen LogP contribution in [-0.4, -0.2) is 24.5 Å². The van der Waals surface area contributed by atoms with Crippen LogP contribution in [0, 0.1) is 13.8 Å². The lowest BCUT2D eigenvalue weighted by Crippen LogP contribution is -2.25. The minimum absolute atomic E-state index is 0.338. The summed E-state index contributed by atoms with van der Waals surface area (Å²) < 4.78 is 26.4. The Morgan fingerprint density at radius 1 is 1.60 bits per heavy atom. The number of aryl methyl sites for hydroxylation is 1. The third-order valence-corrected chi connectivity index (χ3v) is 3.27. The zero-order valence-electron chi connectivity index (χ0n) is 8.90. The molecule has 0 bridgehead atoms. The van der Waals surface area contributed by atoms with Crippen molar-refractivity contribution in [1.29, 1.82) is 0 Å². The van der Waals surface area contributed by atoms with Gasteiger partial charge < -0.3 is 4.57 Å². The summed E-state index contributed by atoms with van der Waals surface area (Å²) in [6, 6.07) is 0. The Bertz CT molecular complexity index is 448. The molecule has 5 nitrogen and oxygen atoms in total. The summed E-state index contributed by atoms with van der Waals surface area (Å²) in [4.78, 5) is 4.12. The number of nitrogens with one attached hydrogen (secondary N) is 1. The zero-order chi connectivity index (χ0) is 11.5. The highest BCUT2D eigenvalue weighted by molar-refractivity contribution is 7.92. The van der Waals surface area contributed by atoms with Crippen LogP contribution in [0.5, 0.6) is 0 Å². The van der Waals surface area contributed by atoms with Gasteiger partial charge in [-0.2, -0.15) is 0 Å². The van der Waals surface area contributed by atoms with Crippen molar-refractivity contribution in [3.05, 3.63) is 29.7 Å². The van der Waals surface area contributed by atoms with Crippen LogP contribution in [0.25, 0.3) is 0 Å². The minimum Gasteiger partial charge on any atom is -0.333 e. The van der Waals surface area contributed by atoms with E-state index in [1.807, 2.05) is 18.4 Å². The highest BCUT2D eigenvalue weighted by Gasteiger charge is 2.04. The van der Waals surface area contributed by atoms with Crippen molar-refractivity contribution in [3.8, 4) is 0 Å². The van der Waals surface area contributed by atoms with Gasteiger partial charge in [0.25, 0.3) is 0 Å². The van der Waals surface area contributed by atoms with E-state index in [2.05, 4.69) is 16.3 Å². The maximum absolute atomic E-state index is 11.0. The van der Waals surface area contributed by atoms with E-state index in [-0.39, 0.29) is 0 Å². The molecule has 0 atom stereocenters. The highest BCUT2D eigenvalue weighted by atomic mass is 32.2. The summed E-state index contributed by atoms with van der Waals surface area (Å²) in [5, 5.41) is 0.902. The van der Waals surface area contributed by atoms with Crippen LogP contribution in [0.2, 0.25) is 0 Å². The van der Waals surface area contributed by atoms with E-state index in [0.29, 0.717) is 13.1 Å². The van der Waals surface area contributed by atoms with Crippen molar-refractivity contribution < 1.29 is 8.42 Å². The van der Waals surface area contributed by atoms with Crippen LogP contribution >= 0.6 is 0 Å². The summed E-state index contributed by atoms with van der Waals surface area (Å²) >= 11 is 0. The van der Waals surface area contributed by atoms with Crippen LogP contribution in [0.1, 0.15) is 11.4 Å². The molecule has 1 heterocycles. The van der Waals surface area contributed by atoms with Crippen molar-refractivity contribution in [3.63, 3.8) is 0 Å². The van der Waals surface area contributed by atoms with E-state index in [0.717, 1.165) is 16.8 Å².